The van der Waals surface area contributed by atoms with Crippen molar-refractivity contribution in [1.29, 1.82) is 0 Å². The molecule has 4 nitrogen and oxygen atoms in total. The summed E-state index contributed by atoms with van der Waals surface area (Å²) in [5, 5.41) is 14.6. The summed E-state index contributed by atoms with van der Waals surface area (Å²) < 4.78 is 4.84. The average Bonchev–Trinajstić information content (AvgIpc) is 3.82. The first-order chi connectivity index (χ1) is 29.8. The third-order valence-corrected chi connectivity index (χ3v) is 12.6. The SMILES string of the molecule is c1ccc(-n2c3ccccc3c3cc4c(-c5cccnc5)cc5cc6cc(-c7cccnc7)c7cc8c9ccccc9n(-c9ccccc9)c8cc7c6cc5c4cc32)cc1. The zero-order valence-corrected chi connectivity index (χ0v) is 32.4. The largest absolute Gasteiger partial charge is 0.309 e. The number of fused-ring (bicyclic) bond motifs is 12. The lowest BCUT2D eigenvalue weighted by Crippen LogP contribution is -1.94. The molecule has 0 fully saturated rings. The fraction of sp³-hybridized carbons (Fsp3) is 0. The number of nitrogens with zero attached hydrogens (tertiary/aromatic N) is 4. The molecule has 0 aliphatic heterocycles. The average molecular weight is 763 g/mol. The van der Waals surface area contributed by atoms with E-state index in [1.807, 2.05) is 36.9 Å². The smallest absolute Gasteiger partial charge is 0.0547 e. The van der Waals surface area contributed by atoms with Gasteiger partial charge in [0.15, 0.2) is 0 Å². The highest BCUT2D eigenvalue weighted by Gasteiger charge is 2.20. The fourth-order valence-electron chi connectivity index (χ4n) is 9.96. The summed E-state index contributed by atoms with van der Waals surface area (Å²) in [5.41, 5.74) is 11.6. The highest BCUT2D eigenvalue weighted by atomic mass is 15.0. The van der Waals surface area contributed by atoms with Crippen LogP contribution in [0.1, 0.15) is 0 Å². The quantitative estimate of drug-likeness (QED) is 0.132. The minimum atomic E-state index is 1.10. The summed E-state index contributed by atoms with van der Waals surface area (Å²) in [6.45, 7) is 0. The number of hydrogen-bond donors (Lipinski definition) is 0. The molecule has 0 amide bonds. The first-order valence-electron chi connectivity index (χ1n) is 20.5. The highest BCUT2D eigenvalue weighted by Crippen LogP contribution is 2.45. The maximum atomic E-state index is 4.59. The van der Waals surface area contributed by atoms with Gasteiger partial charge in [0.05, 0.1) is 22.1 Å². The van der Waals surface area contributed by atoms with Gasteiger partial charge in [-0.15, -0.1) is 0 Å². The summed E-state index contributed by atoms with van der Waals surface area (Å²) in [4.78, 5) is 9.18. The van der Waals surface area contributed by atoms with Gasteiger partial charge in [-0.3, -0.25) is 9.97 Å². The maximum Gasteiger partial charge on any atom is 0.0547 e. The van der Waals surface area contributed by atoms with Crippen molar-refractivity contribution >= 4 is 86.7 Å². The van der Waals surface area contributed by atoms with Crippen molar-refractivity contribution in [2.24, 2.45) is 0 Å². The predicted octanol–water partition coefficient (Wildman–Crippen LogP) is 14.6. The number of aromatic nitrogens is 4. The van der Waals surface area contributed by atoms with E-state index in [9.17, 15) is 0 Å². The Bertz CT molecular complexity index is 3600. The van der Waals surface area contributed by atoms with E-state index in [0.29, 0.717) is 0 Å². The Kier molecular flexibility index (Phi) is 6.98. The maximum absolute atomic E-state index is 4.59. The van der Waals surface area contributed by atoms with Gasteiger partial charge in [0.25, 0.3) is 0 Å². The second-order valence-electron chi connectivity index (χ2n) is 15.8. The van der Waals surface area contributed by atoms with E-state index in [1.54, 1.807) is 0 Å². The van der Waals surface area contributed by atoms with Crippen molar-refractivity contribution in [3.05, 3.63) is 207 Å². The van der Waals surface area contributed by atoms with Gasteiger partial charge in [-0.2, -0.15) is 0 Å². The number of para-hydroxylation sites is 4. The van der Waals surface area contributed by atoms with E-state index in [-0.39, 0.29) is 0 Å². The molecule has 0 unspecified atom stereocenters. The number of benzene rings is 9. The van der Waals surface area contributed by atoms with Gasteiger partial charge in [-0.1, -0.05) is 84.9 Å². The molecule has 13 aromatic rings. The van der Waals surface area contributed by atoms with Gasteiger partial charge < -0.3 is 9.13 Å². The normalized spacial score (nSPS) is 12.0. The van der Waals surface area contributed by atoms with Crippen LogP contribution in [0, 0.1) is 0 Å². The van der Waals surface area contributed by atoms with Crippen LogP contribution in [0.2, 0.25) is 0 Å². The number of rotatable bonds is 4. The van der Waals surface area contributed by atoms with Crippen LogP contribution >= 0.6 is 0 Å². The molecule has 60 heavy (non-hydrogen) atoms. The molecule has 9 aromatic carbocycles. The van der Waals surface area contributed by atoms with Gasteiger partial charge >= 0.3 is 0 Å². The van der Waals surface area contributed by atoms with Crippen LogP contribution in [0.5, 0.6) is 0 Å². The van der Waals surface area contributed by atoms with Crippen molar-refractivity contribution in [1.82, 2.24) is 19.1 Å². The van der Waals surface area contributed by atoms with Crippen LogP contribution in [-0.4, -0.2) is 19.1 Å². The summed E-state index contributed by atoms with van der Waals surface area (Å²) in [6.07, 6.45) is 7.69. The lowest BCUT2D eigenvalue weighted by Gasteiger charge is -2.16. The molecule has 0 N–H and O–H groups in total. The zero-order chi connectivity index (χ0) is 39.3. The van der Waals surface area contributed by atoms with Crippen molar-refractivity contribution in [3.63, 3.8) is 0 Å². The Morgan fingerprint density at radius 2 is 0.717 bits per heavy atom. The molecular weight excluding hydrogens is 729 g/mol. The van der Waals surface area contributed by atoms with Crippen LogP contribution in [0.3, 0.4) is 0 Å². The van der Waals surface area contributed by atoms with E-state index in [4.69, 9.17) is 0 Å². The first-order valence-corrected chi connectivity index (χ1v) is 20.5. The molecule has 4 aromatic heterocycles. The van der Waals surface area contributed by atoms with Gasteiger partial charge in [-0.25, -0.2) is 0 Å². The topological polar surface area (TPSA) is 35.6 Å². The third-order valence-electron chi connectivity index (χ3n) is 12.6. The second kappa shape index (κ2) is 12.7. The molecule has 0 atom stereocenters. The Balaban J connectivity index is 1.21. The summed E-state index contributed by atoms with van der Waals surface area (Å²) in [5.74, 6) is 0. The van der Waals surface area contributed by atoms with Crippen molar-refractivity contribution in [2.45, 2.75) is 0 Å². The molecule has 0 saturated heterocycles. The van der Waals surface area contributed by atoms with E-state index in [1.165, 1.54) is 97.8 Å². The van der Waals surface area contributed by atoms with Crippen LogP contribution in [0.15, 0.2) is 207 Å². The summed E-state index contributed by atoms with van der Waals surface area (Å²) in [7, 11) is 0. The minimum absolute atomic E-state index is 1.10. The van der Waals surface area contributed by atoms with Crippen molar-refractivity contribution in [3.8, 4) is 33.6 Å². The Morgan fingerprint density at radius 1 is 0.283 bits per heavy atom. The summed E-state index contributed by atoms with van der Waals surface area (Å²) in [6, 6.07) is 66.8. The monoisotopic (exact) mass is 762 g/mol. The summed E-state index contributed by atoms with van der Waals surface area (Å²) >= 11 is 0. The Morgan fingerprint density at radius 3 is 1.17 bits per heavy atom. The third kappa shape index (κ3) is 4.79. The lowest BCUT2D eigenvalue weighted by atomic mass is 9.88. The van der Waals surface area contributed by atoms with E-state index in [2.05, 4.69) is 189 Å². The molecule has 0 bridgehead atoms. The van der Waals surface area contributed by atoms with Gasteiger partial charge in [0, 0.05) is 68.8 Å². The lowest BCUT2D eigenvalue weighted by molar-refractivity contribution is 1.18. The standard InChI is InChI=1S/C56H34N4/c1-3-15-39(16-4-1)59-53-21-9-7-19-41(53)51-29-47-43(35-13-11-23-57-33-35)26-37-25-38-27-44(36-14-12-24-58-34-36)48-30-52-42-20-8-10-22-54(42)60(40-17-5-2-6-18-40)56(52)32-50(48)46(38)28-45(37)49(47)31-55(51)59/h1-34H. The van der Waals surface area contributed by atoms with Gasteiger partial charge in [0.2, 0.25) is 0 Å². The van der Waals surface area contributed by atoms with Crippen molar-refractivity contribution in [2.75, 3.05) is 0 Å². The van der Waals surface area contributed by atoms with E-state index < -0.39 is 0 Å². The van der Waals surface area contributed by atoms with Crippen LogP contribution in [0.25, 0.3) is 120 Å². The molecule has 4 heterocycles. The van der Waals surface area contributed by atoms with Crippen LogP contribution in [-0.2, 0) is 0 Å². The van der Waals surface area contributed by atoms with Crippen molar-refractivity contribution < 1.29 is 0 Å². The number of pyridine rings is 2. The molecule has 0 spiro atoms. The number of hydrogen-bond acceptors (Lipinski definition) is 2. The minimum Gasteiger partial charge on any atom is -0.309 e. The molecule has 0 radical (unpaired) electrons. The second-order valence-corrected chi connectivity index (χ2v) is 15.8. The van der Waals surface area contributed by atoms with Crippen LogP contribution < -0.4 is 0 Å². The predicted molar refractivity (Wildman–Crippen MR) is 252 cm³/mol. The zero-order valence-electron chi connectivity index (χ0n) is 32.4. The Labute approximate surface area is 344 Å². The van der Waals surface area contributed by atoms with E-state index in [0.717, 1.165) is 22.5 Å². The molecule has 0 aliphatic rings. The fourth-order valence-corrected chi connectivity index (χ4v) is 9.96. The van der Waals surface area contributed by atoms with E-state index >= 15 is 0 Å². The molecule has 0 saturated carbocycles. The molecule has 4 heteroatoms. The van der Waals surface area contributed by atoms with Crippen LogP contribution in [0.4, 0.5) is 0 Å². The first kappa shape index (κ1) is 32.9. The Hall–Kier alpha value is -8.08. The highest BCUT2D eigenvalue weighted by molar-refractivity contribution is 6.27. The van der Waals surface area contributed by atoms with Gasteiger partial charge in [0.1, 0.15) is 0 Å². The molecule has 0 aliphatic carbocycles. The molecular formula is C56H34N4. The molecule has 13 rings (SSSR count). The molecule has 278 valence electrons. The van der Waals surface area contributed by atoms with Gasteiger partial charge in [-0.05, 0) is 151 Å².